The molecular weight excluding hydrogens is 234 g/mol. The highest BCUT2D eigenvalue weighted by atomic mass is 35.5. The number of aliphatic hydroxyl groups excluding tert-OH is 1. The minimum Gasteiger partial charge on any atom is -0.391 e. The van der Waals surface area contributed by atoms with Crippen molar-refractivity contribution >= 4 is 12.4 Å². The lowest BCUT2D eigenvalue weighted by molar-refractivity contribution is 0.140. The van der Waals surface area contributed by atoms with Crippen molar-refractivity contribution in [2.45, 2.75) is 51.7 Å². The molecule has 3 N–H and O–H groups in total. The molecule has 1 rings (SSSR count). The van der Waals surface area contributed by atoms with Gasteiger partial charge in [-0.15, -0.1) is 12.4 Å². The first-order valence-electron chi connectivity index (χ1n) is 5.90. The Morgan fingerprint density at radius 1 is 1.18 bits per heavy atom. The predicted octanol–water partition coefficient (Wildman–Crippen LogP) is 3.18. The Labute approximate surface area is 111 Å². The van der Waals surface area contributed by atoms with Gasteiger partial charge < -0.3 is 10.8 Å². The summed E-state index contributed by atoms with van der Waals surface area (Å²) in [6, 6.07) is 7.95. The van der Waals surface area contributed by atoms with Gasteiger partial charge in [-0.1, -0.05) is 52.0 Å². The van der Waals surface area contributed by atoms with Crippen molar-refractivity contribution in [3.05, 3.63) is 35.4 Å². The normalized spacial score (nSPS) is 14.9. The van der Waals surface area contributed by atoms with Gasteiger partial charge in [-0.2, -0.15) is 0 Å². The maximum Gasteiger partial charge on any atom is 0.0730 e. The molecule has 1 aromatic rings. The Hall–Kier alpha value is -0.570. The lowest BCUT2D eigenvalue weighted by atomic mass is 9.86. The maximum atomic E-state index is 9.68. The molecule has 17 heavy (non-hydrogen) atoms. The molecule has 2 atom stereocenters. The van der Waals surface area contributed by atoms with E-state index in [4.69, 9.17) is 5.73 Å². The van der Waals surface area contributed by atoms with Crippen LogP contribution in [-0.2, 0) is 5.41 Å². The van der Waals surface area contributed by atoms with E-state index in [-0.39, 0.29) is 23.9 Å². The summed E-state index contributed by atoms with van der Waals surface area (Å²) in [5, 5.41) is 9.68. The van der Waals surface area contributed by atoms with Crippen LogP contribution < -0.4 is 5.73 Å². The quantitative estimate of drug-likeness (QED) is 0.874. The van der Waals surface area contributed by atoms with Gasteiger partial charge in [0, 0.05) is 0 Å². The second-order valence-electron chi connectivity index (χ2n) is 5.37. The highest BCUT2D eigenvalue weighted by molar-refractivity contribution is 5.85. The summed E-state index contributed by atoms with van der Waals surface area (Å²) in [6.07, 6.45) is 0.225. The third-order valence-electron chi connectivity index (χ3n) is 2.99. The highest BCUT2D eigenvalue weighted by Crippen LogP contribution is 2.24. The van der Waals surface area contributed by atoms with Crippen LogP contribution in [0.2, 0.25) is 0 Å². The minimum absolute atomic E-state index is 0. The van der Waals surface area contributed by atoms with Crippen LogP contribution in [0.3, 0.4) is 0 Å². The van der Waals surface area contributed by atoms with Gasteiger partial charge >= 0.3 is 0 Å². The summed E-state index contributed by atoms with van der Waals surface area (Å²) >= 11 is 0. The van der Waals surface area contributed by atoms with Crippen LogP contribution in [0.15, 0.2) is 24.3 Å². The first-order chi connectivity index (χ1) is 7.36. The average molecular weight is 258 g/mol. The highest BCUT2D eigenvalue weighted by Gasteiger charge is 2.17. The van der Waals surface area contributed by atoms with Crippen LogP contribution in [0.4, 0.5) is 0 Å². The van der Waals surface area contributed by atoms with Crippen LogP contribution in [0.5, 0.6) is 0 Å². The topological polar surface area (TPSA) is 46.2 Å². The number of benzene rings is 1. The molecule has 0 fully saturated rings. The maximum absolute atomic E-state index is 9.68. The SMILES string of the molecule is CC[C@@H](O)[C@@H](N)c1ccc(C(C)(C)C)cc1.Cl. The summed E-state index contributed by atoms with van der Waals surface area (Å²) < 4.78 is 0. The summed E-state index contributed by atoms with van der Waals surface area (Å²) in [6.45, 7) is 8.49. The van der Waals surface area contributed by atoms with E-state index in [1.165, 1.54) is 5.56 Å². The van der Waals surface area contributed by atoms with Crippen LogP contribution in [0.1, 0.15) is 51.3 Å². The Kier molecular flexibility index (Phi) is 6.17. The Bertz CT molecular complexity index is 329. The van der Waals surface area contributed by atoms with Crippen molar-refractivity contribution in [2.24, 2.45) is 5.73 Å². The van der Waals surface area contributed by atoms with Crippen molar-refractivity contribution in [2.75, 3.05) is 0 Å². The fourth-order valence-electron chi connectivity index (χ4n) is 1.68. The molecule has 3 heteroatoms. The van der Waals surface area contributed by atoms with Gasteiger partial charge in [0.05, 0.1) is 12.1 Å². The van der Waals surface area contributed by atoms with Crippen molar-refractivity contribution in [1.82, 2.24) is 0 Å². The smallest absolute Gasteiger partial charge is 0.0730 e. The molecule has 1 aromatic carbocycles. The van der Waals surface area contributed by atoms with E-state index < -0.39 is 6.10 Å². The Morgan fingerprint density at radius 2 is 1.65 bits per heavy atom. The molecular formula is C14H24ClNO. The number of hydrogen-bond acceptors (Lipinski definition) is 2. The molecule has 0 aliphatic carbocycles. The zero-order valence-electron chi connectivity index (χ0n) is 11.1. The van der Waals surface area contributed by atoms with Gasteiger partial charge in [0.15, 0.2) is 0 Å². The van der Waals surface area contributed by atoms with E-state index in [9.17, 15) is 5.11 Å². The van der Waals surface area contributed by atoms with Gasteiger partial charge in [0.25, 0.3) is 0 Å². The van der Waals surface area contributed by atoms with E-state index >= 15 is 0 Å². The fraction of sp³-hybridized carbons (Fsp3) is 0.571. The summed E-state index contributed by atoms with van der Waals surface area (Å²) in [4.78, 5) is 0. The van der Waals surface area contributed by atoms with E-state index in [0.29, 0.717) is 6.42 Å². The van der Waals surface area contributed by atoms with Crippen molar-refractivity contribution in [3.8, 4) is 0 Å². The Morgan fingerprint density at radius 3 is 2.00 bits per heavy atom. The van der Waals surface area contributed by atoms with E-state index in [2.05, 4.69) is 32.9 Å². The molecule has 0 aliphatic rings. The summed E-state index contributed by atoms with van der Waals surface area (Å²) in [7, 11) is 0. The number of hydrogen-bond donors (Lipinski definition) is 2. The van der Waals surface area contributed by atoms with Crippen molar-refractivity contribution < 1.29 is 5.11 Å². The Balaban J connectivity index is 0.00000256. The molecule has 0 radical (unpaired) electrons. The van der Waals surface area contributed by atoms with Gasteiger partial charge in [0.1, 0.15) is 0 Å². The minimum atomic E-state index is -0.458. The first kappa shape index (κ1) is 16.4. The zero-order valence-corrected chi connectivity index (χ0v) is 11.9. The number of nitrogens with two attached hydrogens (primary N) is 1. The van der Waals surface area contributed by atoms with E-state index in [0.717, 1.165) is 5.56 Å². The molecule has 0 spiro atoms. The molecule has 0 heterocycles. The van der Waals surface area contributed by atoms with Crippen molar-refractivity contribution in [3.63, 3.8) is 0 Å². The van der Waals surface area contributed by atoms with Crippen LogP contribution in [0, 0.1) is 0 Å². The summed E-state index contributed by atoms with van der Waals surface area (Å²) in [5.74, 6) is 0. The molecule has 0 bridgehead atoms. The van der Waals surface area contributed by atoms with E-state index in [1.807, 2.05) is 19.1 Å². The zero-order chi connectivity index (χ0) is 12.3. The van der Waals surface area contributed by atoms with Crippen LogP contribution in [-0.4, -0.2) is 11.2 Å². The fourth-order valence-corrected chi connectivity index (χ4v) is 1.68. The summed E-state index contributed by atoms with van der Waals surface area (Å²) in [5.41, 5.74) is 8.41. The molecule has 0 saturated carbocycles. The van der Waals surface area contributed by atoms with E-state index in [1.54, 1.807) is 0 Å². The van der Waals surface area contributed by atoms with Crippen LogP contribution >= 0.6 is 12.4 Å². The number of halogens is 1. The van der Waals surface area contributed by atoms with Crippen LogP contribution in [0.25, 0.3) is 0 Å². The standard InChI is InChI=1S/C14H23NO.ClH/c1-5-12(16)13(15)10-6-8-11(9-7-10)14(2,3)4;/h6-9,12-13,16H,5,15H2,1-4H3;1H/t12-,13+;/m1./s1. The average Bonchev–Trinajstić information content (AvgIpc) is 2.26. The second-order valence-corrected chi connectivity index (χ2v) is 5.37. The number of rotatable bonds is 3. The molecule has 0 aliphatic heterocycles. The molecule has 2 nitrogen and oxygen atoms in total. The molecule has 0 saturated heterocycles. The first-order valence-corrected chi connectivity index (χ1v) is 5.90. The van der Waals surface area contributed by atoms with Gasteiger partial charge in [-0.05, 0) is 23.0 Å². The predicted molar refractivity (Wildman–Crippen MR) is 75.6 cm³/mol. The van der Waals surface area contributed by atoms with Gasteiger partial charge in [-0.25, -0.2) is 0 Å². The third-order valence-corrected chi connectivity index (χ3v) is 2.99. The monoisotopic (exact) mass is 257 g/mol. The second kappa shape index (κ2) is 6.39. The lowest BCUT2D eigenvalue weighted by Crippen LogP contribution is -2.25. The molecule has 98 valence electrons. The third kappa shape index (κ3) is 4.30. The number of aliphatic hydroxyl groups is 1. The van der Waals surface area contributed by atoms with Gasteiger partial charge in [0.2, 0.25) is 0 Å². The molecule has 0 amide bonds. The molecule has 0 unspecified atom stereocenters. The van der Waals surface area contributed by atoms with Gasteiger partial charge in [-0.3, -0.25) is 0 Å². The lowest BCUT2D eigenvalue weighted by Gasteiger charge is -2.21. The largest absolute Gasteiger partial charge is 0.391 e. The molecule has 0 aromatic heterocycles. The van der Waals surface area contributed by atoms with Crippen molar-refractivity contribution in [1.29, 1.82) is 0 Å².